The number of nitrogens with one attached hydrogen (secondary N) is 1. The molecule has 64 heavy (non-hydrogen) atoms. The summed E-state index contributed by atoms with van der Waals surface area (Å²) in [5.41, 5.74) is -0.191. The fraction of sp³-hybridized carbons (Fsp3) is 0.490. The molecule has 5 aliphatic heterocycles. The van der Waals surface area contributed by atoms with Crippen molar-refractivity contribution in [2.45, 2.75) is 80.6 Å². The van der Waals surface area contributed by atoms with Crippen LogP contribution in [0.15, 0.2) is 78.9 Å². The molecule has 6 aliphatic rings. The van der Waals surface area contributed by atoms with Gasteiger partial charge in [-0.2, -0.15) is 0 Å². The van der Waals surface area contributed by atoms with Gasteiger partial charge < -0.3 is 38.8 Å². The van der Waals surface area contributed by atoms with E-state index in [1.165, 1.54) is 21.1 Å². The van der Waals surface area contributed by atoms with Crippen LogP contribution < -0.4 is 9.64 Å². The predicted octanol–water partition coefficient (Wildman–Crippen LogP) is 5.35. The summed E-state index contributed by atoms with van der Waals surface area (Å²) in [7, 11) is 6.15. The van der Waals surface area contributed by atoms with Crippen molar-refractivity contribution >= 4 is 40.3 Å². The molecule has 1 saturated carbocycles. The van der Waals surface area contributed by atoms with Crippen LogP contribution in [0.3, 0.4) is 0 Å². The molecule has 3 fully saturated rings. The van der Waals surface area contributed by atoms with Crippen LogP contribution in [-0.2, 0) is 45.8 Å². The van der Waals surface area contributed by atoms with Crippen LogP contribution in [0, 0.1) is 17.3 Å². The van der Waals surface area contributed by atoms with Gasteiger partial charge in [-0.3, -0.25) is 19.3 Å². The Balaban J connectivity index is 1.24. The van der Waals surface area contributed by atoms with E-state index in [2.05, 4.69) is 33.0 Å². The molecule has 1 aliphatic carbocycles. The number of aromatic nitrogens is 1. The Kier molecular flexibility index (Phi) is 10.2. The summed E-state index contributed by atoms with van der Waals surface area (Å²) >= 11 is 0. The van der Waals surface area contributed by atoms with Crippen molar-refractivity contribution < 1.29 is 43.2 Å². The topological polar surface area (TPSA) is 151 Å². The number of anilines is 1. The average Bonchev–Trinajstić information content (AvgIpc) is 3.98. The number of carbonyl (C=O) groups excluding carboxylic acids is 4. The van der Waals surface area contributed by atoms with E-state index in [4.69, 9.17) is 18.9 Å². The number of benzene rings is 3. The molecule has 6 heterocycles. The molecule has 13 nitrogen and oxygen atoms in total. The molecule has 4 aromatic rings. The number of ether oxygens (including phenoxy) is 4. The van der Waals surface area contributed by atoms with Gasteiger partial charge in [0, 0.05) is 102 Å². The third-order valence-electron chi connectivity index (χ3n) is 16.3. The molecule has 1 unspecified atom stereocenters. The lowest BCUT2D eigenvalue weighted by atomic mass is 9.47. The first-order chi connectivity index (χ1) is 30.8. The van der Waals surface area contributed by atoms with E-state index in [-0.39, 0.29) is 23.7 Å². The molecule has 2 N–H and O–H groups in total. The highest BCUT2D eigenvalue weighted by Crippen LogP contribution is 2.68. The van der Waals surface area contributed by atoms with E-state index in [1.807, 2.05) is 79.5 Å². The highest BCUT2D eigenvalue weighted by atomic mass is 16.6. The number of likely N-dealkylation sites (N-methyl/N-ethyl adjacent to an activating group) is 1. The molecule has 10 atom stereocenters. The molecule has 3 aromatic carbocycles. The minimum absolute atomic E-state index is 0.0969. The first-order valence-electron chi connectivity index (χ1n) is 22.7. The first-order valence-corrected chi connectivity index (χ1v) is 22.7. The highest BCUT2D eigenvalue weighted by Gasteiger charge is 2.80. The van der Waals surface area contributed by atoms with Gasteiger partial charge in [0.25, 0.3) is 0 Å². The lowest BCUT2D eigenvalue weighted by Crippen LogP contribution is -2.81. The number of hydrogen-bond donors (Lipinski definition) is 2. The number of para-hydroxylation sites is 1. The zero-order valence-corrected chi connectivity index (χ0v) is 37.5. The highest BCUT2D eigenvalue weighted by molar-refractivity contribution is 5.98. The van der Waals surface area contributed by atoms with Crippen molar-refractivity contribution in [3.05, 3.63) is 107 Å². The summed E-state index contributed by atoms with van der Waals surface area (Å²) in [6.07, 6.45) is 5.34. The number of esters is 3. The molecule has 1 spiro atoms. The summed E-state index contributed by atoms with van der Waals surface area (Å²) in [5, 5.41) is 14.4. The molecule has 0 radical (unpaired) electrons. The Morgan fingerprint density at radius 1 is 0.906 bits per heavy atom. The Morgan fingerprint density at radius 2 is 1.66 bits per heavy atom. The summed E-state index contributed by atoms with van der Waals surface area (Å²) < 4.78 is 24.1. The van der Waals surface area contributed by atoms with E-state index in [0.29, 0.717) is 81.7 Å². The zero-order valence-electron chi connectivity index (χ0n) is 37.5. The summed E-state index contributed by atoms with van der Waals surface area (Å²) in [6.45, 7) is 6.60. The minimum atomic E-state index is -2.32. The predicted molar refractivity (Wildman–Crippen MR) is 239 cm³/mol. The largest absolute Gasteiger partial charge is 0.496 e. The monoisotopic (exact) mass is 870 g/mol. The third-order valence-corrected chi connectivity index (χ3v) is 16.3. The average molecular weight is 871 g/mol. The second kappa shape index (κ2) is 15.3. The molecule has 13 heteroatoms. The van der Waals surface area contributed by atoms with Gasteiger partial charge in [-0.15, -0.1) is 0 Å². The summed E-state index contributed by atoms with van der Waals surface area (Å²) in [6, 6.07) is 20.4. The normalized spacial score (nSPS) is 33.7. The van der Waals surface area contributed by atoms with Crippen molar-refractivity contribution in [1.29, 1.82) is 0 Å². The quantitative estimate of drug-likeness (QED) is 0.102. The van der Waals surface area contributed by atoms with E-state index >= 15 is 4.79 Å². The number of piperidine rings is 1. The second-order valence-corrected chi connectivity index (χ2v) is 19.1. The number of hydrogen-bond acceptors (Lipinski definition) is 12. The number of methoxy groups -OCH3 is 3. The van der Waals surface area contributed by atoms with Crippen molar-refractivity contribution in [1.82, 2.24) is 14.8 Å². The number of H-pyrrole nitrogens is 1. The smallest absolute Gasteiger partial charge is 0.344 e. The van der Waals surface area contributed by atoms with Gasteiger partial charge in [-0.1, -0.05) is 67.6 Å². The summed E-state index contributed by atoms with van der Waals surface area (Å²) in [4.78, 5) is 67.9. The second-order valence-electron chi connectivity index (χ2n) is 19.1. The maximum atomic E-state index is 15.5. The van der Waals surface area contributed by atoms with Gasteiger partial charge in [-0.05, 0) is 67.8 Å². The Morgan fingerprint density at radius 3 is 2.38 bits per heavy atom. The van der Waals surface area contributed by atoms with E-state index in [9.17, 15) is 19.5 Å². The maximum absolute atomic E-state index is 15.5. The van der Waals surface area contributed by atoms with Crippen LogP contribution in [-0.4, -0.2) is 128 Å². The Labute approximate surface area is 373 Å². The van der Waals surface area contributed by atoms with E-state index < -0.39 is 51.9 Å². The Bertz CT molecular complexity index is 2590. The van der Waals surface area contributed by atoms with Crippen molar-refractivity contribution in [3.63, 3.8) is 0 Å². The van der Waals surface area contributed by atoms with E-state index in [0.717, 1.165) is 33.4 Å². The fourth-order valence-electron chi connectivity index (χ4n) is 14.1. The third kappa shape index (κ3) is 5.65. The number of rotatable bonds is 8. The number of carbonyl (C=O) groups is 4. The number of nitrogens with zero attached hydrogens (tertiary/aromatic N) is 3. The van der Waals surface area contributed by atoms with Crippen LogP contribution >= 0.6 is 0 Å². The number of aliphatic hydroxyl groups is 1. The molecular formula is C51H58N4O9. The number of aromatic amines is 1. The number of ketones is 1. The first kappa shape index (κ1) is 42.5. The maximum Gasteiger partial charge on any atom is 0.344 e. The molecule has 1 aromatic heterocycles. The fourth-order valence-corrected chi connectivity index (χ4v) is 14.1. The van der Waals surface area contributed by atoms with Crippen LogP contribution in [0.4, 0.5) is 5.69 Å². The van der Waals surface area contributed by atoms with Gasteiger partial charge in [0.2, 0.25) is 5.60 Å². The standard InChI is InChI=1S/C51H58N4O9/c1-7-48-19-13-21-55-23-20-49(43(48)55)36-25-37(40(61-4)26-39(36)53(3)44(49)51(60,47(59)63-6)45(48)64-30(2)56)50(46(58)62-5)27-31-24-33(41(57)32-14-9-8-10-15-32)29-54(28-31)22-18-35-34-16-11-12-17-38(34)52-42(35)50/h8-17,19,25-26,31,33,43-45,52,60H,7,18,20-24,27-29H2,1-6H3/t31-,33-,43-,44+,45+,48+,49+,50-,51-/m0/s1. The lowest BCUT2D eigenvalue weighted by Gasteiger charge is -2.63. The molecular weight excluding hydrogens is 813 g/mol. The molecule has 10 rings (SSSR count). The van der Waals surface area contributed by atoms with Gasteiger partial charge in [0.15, 0.2) is 11.9 Å². The molecule has 2 saturated heterocycles. The van der Waals surface area contributed by atoms with Crippen molar-refractivity contribution in [2.24, 2.45) is 17.3 Å². The zero-order chi connectivity index (χ0) is 44.9. The summed E-state index contributed by atoms with van der Waals surface area (Å²) in [5.74, 6) is -1.81. The Hall–Kier alpha value is -5.50. The lowest BCUT2D eigenvalue weighted by molar-refractivity contribution is -0.228. The van der Waals surface area contributed by atoms with Crippen LogP contribution in [0.25, 0.3) is 10.9 Å². The van der Waals surface area contributed by atoms with Crippen LogP contribution in [0.2, 0.25) is 0 Å². The van der Waals surface area contributed by atoms with Gasteiger partial charge in [-0.25, -0.2) is 4.79 Å². The van der Waals surface area contributed by atoms with E-state index in [1.54, 1.807) is 7.11 Å². The molecule has 336 valence electrons. The molecule has 0 amide bonds. The number of fused-ring (bicyclic) bond motifs is 6. The van der Waals surface area contributed by atoms with Crippen molar-refractivity contribution in [3.8, 4) is 5.75 Å². The van der Waals surface area contributed by atoms with Gasteiger partial charge in [0.1, 0.15) is 11.2 Å². The van der Waals surface area contributed by atoms with Gasteiger partial charge >= 0.3 is 17.9 Å². The minimum Gasteiger partial charge on any atom is -0.496 e. The number of Topliss-reactive ketones (excluding diaryl/α,β-unsaturated/α-hetero) is 1. The van der Waals surface area contributed by atoms with Crippen LogP contribution in [0.5, 0.6) is 5.75 Å². The molecule has 2 bridgehead atoms. The van der Waals surface area contributed by atoms with Gasteiger partial charge in [0.05, 0.1) is 27.4 Å². The van der Waals surface area contributed by atoms with Crippen molar-refractivity contribution in [2.75, 3.05) is 66.0 Å². The SMILES string of the molecule is CC[C@]12C=CCN3CC[C@@]4(c5cc([C@@]6(C(=O)OC)C[C@@H]7C[C@H](C(=O)c8ccccc8)CN(CCc8c6[nH]c6ccccc86)C7)c(OC)cc5N(C)[C@H]4[C@@](O)(C(=O)OC)[C@@H]1OC(C)=O)[C@@H]32. The van der Waals surface area contributed by atoms with Crippen LogP contribution in [0.1, 0.15) is 72.3 Å².